The smallest absolute Gasteiger partial charge is 0.234 e. The van der Waals surface area contributed by atoms with Gasteiger partial charge in [-0.15, -0.1) is 11.3 Å². The zero-order valence-electron chi connectivity index (χ0n) is 15.8. The van der Waals surface area contributed by atoms with Crippen molar-refractivity contribution >= 4 is 23.2 Å². The number of carbonyl (C=O) groups excluding carboxylic acids is 2. The number of amides is 2. The summed E-state index contributed by atoms with van der Waals surface area (Å²) in [6.07, 6.45) is 6.55. The van der Waals surface area contributed by atoms with E-state index in [-0.39, 0.29) is 17.9 Å². The molecular formula is C20H31N3O2S. The molecule has 0 aromatic carbocycles. The Hall–Kier alpha value is -1.40. The van der Waals surface area contributed by atoms with Gasteiger partial charge in [-0.25, -0.2) is 0 Å². The van der Waals surface area contributed by atoms with Gasteiger partial charge in [0, 0.05) is 23.9 Å². The van der Waals surface area contributed by atoms with Crippen LogP contribution in [0.1, 0.15) is 56.4 Å². The molecule has 2 amide bonds. The number of rotatable bonds is 5. The molecule has 6 heteroatoms. The van der Waals surface area contributed by atoms with Gasteiger partial charge >= 0.3 is 0 Å². The van der Waals surface area contributed by atoms with Crippen molar-refractivity contribution in [1.82, 2.24) is 15.1 Å². The number of piperidine rings is 1. The SMILES string of the molecule is CC(NC(=O)CN1CCC(C(=O)N2CCCCCC2)CC1)c1cccs1. The number of hydrogen-bond acceptors (Lipinski definition) is 4. The molecule has 1 aromatic heterocycles. The first-order valence-electron chi connectivity index (χ1n) is 9.97. The molecule has 3 heterocycles. The van der Waals surface area contributed by atoms with Gasteiger partial charge in [0.25, 0.3) is 0 Å². The Morgan fingerprint density at radius 2 is 1.85 bits per heavy atom. The molecule has 2 saturated heterocycles. The number of likely N-dealkylation sites (tertiary alicyclic amines) is 2. The van der Waals surface area contributed by atoms with Gasteiger partial charge in [-0.3, -0.25) is 14.5 Å². The van der Waals surface area contributed by atoms with Gasteiger partial charge in [0.1, 0.15) is 0 Å². The standard InChI is InChI=1S/C20H31N3O2S/c1-16(18-7-6-14-26-18)21-19(24)15-22-12-8-17(9-13-22)20(25)23-10-4-2-3-5-11-23/h6-7,14,16-17H,2-5,8-13,15H2,1H3,(H,21,24). The molecular weight excluding hydrogens is 346 g/mol. The maximum atomic E-state index is 12.7. The minimum absolute atomic E-state index is 0.0599. The summed E-state index contributed by atoms with van der Waals surface area (Å²) < 4.78 is 0. The van der Waals surface area contributed by atoms with E-state index in [1.165, 1.54) is 17.7 Å². The molecule has 3 rings (SSSR count). The van der Waals surface area contributed by atoms with Crippen molar-refractivity contribution in [3.63, 3.8) is 0 Å². The highest BCUT2D eigenvalue weighted by atomic mass is 32.1. The Morgan fingerprint density at radius 3 is 2.46 bits per heavy atom. The summed E-state index contributed by atoms with van der Waals surface area (Å²) in [6.45, 7) is 6.00. The van der Waals surface area contributed by atoms with Crippen LogP contribution in [0.2, 0.25) is 0 Å². The highest BCUT2D eigenvalue weighted by Crippen LogP contribution is 2.22. The second kappa shape index (κ2) is 9.51. The Bertz CT molecular complexity index is 574. The Labute approximate surface area is 160 Å². The van der Waals surface area contributed by atoms with Crippen molar-refractivity contribution in [2.75, 3.05) is 32.7 Å². The van der Waals surface area contributed by atoms with Gasteiger partial charge in [-0.2, -0.15) is 0 Å². The van der Waals surface area contributed by atoms with Crippen LogP contribution in [0.3, 0.4) is 0 Å². The van der Waals surface area contributed by atoms with E-state index in [1.807, 2.05) is 18.4 Å². The van der Waals surface area contributed by atoms with Crippen LogP contribution in [0.4, 0.5) is 0 Å². The molecule has 1 N–H and O–H groups in total. The molecule has 0 spiro atoms. The molecule has 0 aliphatic carbocycles. The third-order valence-corrected chi connectivity index (χ3v) is 6.62. The first-order chi connectivity index (χ1) is 12.6. The number of thiophene rings is 1. The van der Waals surface area contributed by atoms with E-state index in [9.17, 15) is 9.59 Å². The van der Waals surface area contributed by atoms with Crippen molar-refractivity contribution in [2.24, 2.45) is 5.92 Å². The topological polar surface area (TPSA) is 52.7 Å². The maximum Gasteiger partial charge on any atom is 0.234 e. The van der Waals surface area contributed by atoms with Crippen LogP contribution >= 0.6 is 11.3 Å². The zero-order chi connectivity index (χ0) is 18.4. The van der Waals surface area contributed by atoms with Gasteiger partial charge in [-0.1, -0.05) is 18.9 Å². The molecule has 0 radical (unpaired) electrons. The lowest BCUT2D eigenvalue weighted by molar-refractivity contribution is -0.137. The lowest BCUT2D eigenvalue weighted by atomic mass is 9.95. The lowest BCUT2D eigenvalue weighted by Gasteiger charge is -2.33. The fourth-order valence-corrected chi connectivity index (χ4v) is 4.72. The van der Waals surface area contributed by atoms with E-state index in [4.69, 9.17) is 0 Å². The predicted molar refractivity (Wildman–Crippen MR) is 105 cm³/mol. The van der Waals surface area contributed by atoms with Crippen LogP contribution in [-0.2, 0) is 9.59 Å². The molecule has 5 nitrogen and oxygen atoms in total. The van der Waals surface area contributed by atoms with Gasteiger partial charge in [-0.05, 0) is 57.1 Å². The number of nitrogens with zero attached hydrogens (tertiary/aromatic N) is 2. The second-order valence-corrected chi connectivity index (χ2v) is 8.57. The monoisotopic (exact) mass is 377 g/mol. The molecule has 0 bridgehead atoms. The van der Waals surface area contributed by atoms with E-state index >= 15 is 0 Å². The van der Waals surface area contributed by atoms with Crippen molar-refractivity contribution in [1.29, 1.82) is 0 Å². The average Bonchev–Trinajstić information content (AvgIpc) is 3.05. The first-order valence-corrected chi connectivity index (χ1v) is 10.9. The largest absolute Gasteiger partial charge is 0.348 e. The van der Waals surface area contributed by atoms with Gasteiger partial charge in [0.15, 0.2) is 0 Å². The van der Waals surface area contributed by atoms with Crippen molar-refractivity contribution in [3.05, 3.63) is 22.4 Å². The molecule has 2 aliphatic heterocycles. The highest BCUT2D eigenvalue weighted by molar-refractivity contribution is 7.10. The molecule has 1 aromatic rings. The zero-order valence-corrected chi connectivity index (χ0v) is 16.6. The van der Waals surface area contributed by atoms with Crippen LogP contribution in [0, 0.1) is 5.92 Å². The molecule has 26 heavy (non-hydrogen) atoms. The average molecular weight is 378 g/mol. The number of hydrogen-bond donors (Lipinski definition) is 1. The lowest BCUT2D eigenvalue weighted by Crippen LogP contribution is -2.45. The Kier molecular flexibility index (Phi) is 7.08. The second-order valence-electron chi connectivity index (χ2n) is 7.59. The minimum Gasteiger partial charge on any atom is -0.348 e. The van der Waals surface area contributed by atoms with Crippen LogP contribution in [-0.4, -0.2) is 54.3 Å². The quantitative estimate of drug-likeness (QED) is 0.858. The van der Waals surface area contributed by atoms with E-state index in [0.717, 1.165) is 51.9 Å². The normalized spacial score (nSPS) is 21.2. The molecule has 0 saturated carbocycles. The summed E-state index contributed by atoms with van der Waals surface area (Å²) >= 11 is 1.67. The number of nitrogens with one attached hydrogen (secondary N) is 1. The molecule has 2 aliphatic rings. The first kappa shape index (κ1) is 19.4. The van der Waals surface area contributed by atoms with Crippen LogP contribution in [0.5, 0.6) is 0 Å². The third-order valence-electron chi connectivity index (χ3n) is 5.57. The fraction of sp³-hybridized carbons (Fsp3) is 0.700. The summed E-state index contributed by atoms with van der Waals surface area (Å²) in [6, 6.07) is 4.12. The fourth-order valence-electron chi connectivity index (χ4n) is 3.99. The Morgan fingerprint density at radius 1 is 1.15 bits per heavy atom. The maximum absolute atomic E-state index is 12.7. The molecule has 1 atom stereocenters. The summed E-state index contributed by atoms with van der Waals surface area (Å²) in [4.78, 5) is 30.5. The molecule has 1 unspecified atom stereocenters. The highest BCUT2D eigenvalue weighted by Gasteiger charge is 2.29. The summed E-state index contributed by atoms with van der Waals surface area (Å²) in [5, 5.41) is 5.11. The van der Waals surface area contributed by atoms with Gasteiger partial charge in [0.05, 0.1) is 12.6 Å². The van der Waals surface area contributed by atoms with Crippen molar-refractivity contribution in [2.45, 2.75) is 51.5 Å². The Balaban J connectivity index is 1.40. The van der Waals surface area contributed by atoms with Crippen LogP contribution in [0.15, 0.2) is 17.5 Å². The minimum atomic E-state index is 0.0599. The van der Waals surface area contributed by atoms with Crippen molar-refractivity contribution < 1.29 is 9.59 Å². The molecule has 144 valence electrons. The van der Waals surface area contributed by atoms with Gasteiger partial charge in [0.2, 0.25) is 11.8 Å². The van der Waals surface area contributed by atoms with E-state index in [2.05, 4.69) is 21.2 Å². The van der Waals surface area contributed by atoms with Crippen LogP contribution < -0.4 is 5.32 Å². The summed E-state index contributed by atoms with van der Waals surface area (Å²) in [5.74, 6) is 0.572. The predicted octanol–water partition coefficient (Wildman–Crippen LogP) is 3.04. The van der Waals surface area contributed by atoms with E-state index in [0.29, 0.717) is 12.5 Å². The van der Waals surface area contributed by atoms with E-state index in [1.54, 1.807) is 11.3 Å². The summed E-state index contributed by atoms with van der Waals surface area (Å²) in [5.41, 5.74) is 0. The van der Waals surface area contributed by atoms with E-state index < -0.39 is 0 Å². The summed E-state index contributed by atoms with van der Waals surface area (Å²) in [7, 11) is 0. The van der Waals surface area contributed by atoms with Crippen LogP contribution in [0.25, 0.3) is 0 Å². The third kappa shape index (κ3) is 5.30. The van der Waals surface area contributed by atoms with Crippen molar-refractivity contribution in [3.8, 4) is 0 Å². The molecule has 2 fully saturated rings. The van der Waals surface area contributed by atoms with Gasteiger partial charge < -0.3 is 10.2 Å². The number of carbonyl (C=O) groups is 2.